The largest absolute Gasteiger partial charge is 0.337 e. The molecule has 0 amide bonds. The van der Waals surface area contributed by atoms with Crippen LogP contribution in [-0.4, -0.2) is 10.1 Å². The van der Waals surface area contributed by atoms with Crippen molar-refractivity contribution in [3.05, 3.63) is 34.4 Å². The summed E-state index contributed by atoms with van der Waals surface area (Å²) >= 11 is 3.28. The molecule has 0 fully saturated rings. The van der Waals surface area contributed by atoms with Crippen LogP contribution in [0, 0.1) is 5.82 Å². The van der Waals surface area contributed by atoms with E-state index >= 15 is 0 Å². The predicted molar refractivity (Wildman–Crippen MR) is 73.8 cm³/mol. The Bertz CT molecular complexity index is 559. The summed E-state index contributed by atoms with van der Waals surface area (Å²) in [7, 11) is 0. The van der Waals surface area contributed by atoms with Gasteiger partial charge in [0, 0.05) is 10.0 Å². The lowest BCUT2D eigenvalue weighted by molar-refractivity contribution is 0.346. The number of rotatable bonds is 5. The molecule has 0 saturated carbocycles. The molecule has 1 unspecified atom stereocenters. The van der Waals surface area contributed by atoms with Gasteiger partial charge in [-0.2, -0.15) is 4.98 Å². The zero-order valence-corrected chi connectivity index (χ0v) is 12.2. The molecule has 2 N–H and O–H groups in total. The van der Waals surface area contributed by atoms with E-state index in [-0.39, 0.29) is 11.9 Å². The van der Waals surface area contributed by atoms with Crippen LogP contribution in [0.5, 0.6) is 0 Å². The van der Waals surface area contributed by atoms with E-state index in [0.717, 1.165) is 19.3 Å². The Kier molecular flexibility index (Phi) is 4.66. The third-order valence-corrected chi connectivity index (χ3v) is 3.46. The second kappa shape index (κ2) is 6.25. The first-order valence-corrected chi connectivity index (χ1v) is 6.95. The second-order valence-corrected chi connectivity index (χ2v) is 5.18. The molecule has 0 aliphatic rings. The van der Waals surface area contributed by atoms with Gasteiger partial charge in [-0.05, 0) is 40.5 Å². The summed E-state index contributed by atoms with van der Waals surface area (Å²) in [5.41, 5.74) is 6.65. The topological polar surface area (TPSA) is 64.9 Å². The van der Waals surface area contributed by atoms with Gasteiger partial charge in [0.05, 0.1) is 6.04 Å². The summed E-state index contributed by atoms with van der Waals surface area (Å²) in [5, 5.41) is 3.89. The second-order valence-electron chi connectivity index (χ2n) is 4.33. The van der Waals surface area contributed by atoms with Crippen molar-refractivity contribution < 1.29 is 8.91 Å². The maximum absolute atomic E-state index is 13.0. The molecule has 1 heterocycles. The zero-order valence-electron chi connectivity index (χ0n) is 10.6. The van der Waals surface area contributed by atoms with Crippen LogP contribution in [0.3, 0.4) is 0 Å². The molecule has 2 rings (SSSR count). The van der Waals surface area contributed by atoms with Crippen LogP contribution in [0.25, 0.3) is 11.4 Å². The number of hydrogen-bond donors (Lipinski definition) is 1. The molecule has 1 atom stereocenters. The van der Waals surface area contributed by atoms with Gasteiger partial charge in [-0.1, -0.05) is 24.9 Å². The van der Waals surface area contributed by atoms with Crippen molar-refractivity contribution in [3.8, 4) is 11.4 Å². The maximum atomic E-state index is 13.0. The molecule has 0 saturated heterocycles. The zero-order chi connectivity index (χ0) is 13.8. The van der Waals surface area contributed by atoms with Gasteiger partial charge in [0.15, 0.2) is 0 Å². The predicted octanol–water partition coefficient (Wildman–Crippen LogP) is 3.83. The van der Waals surface area contributed by atoms with Gasteiger partial charge < -0.3 is 10.3 Å². The number of benzene rings is 1. The molecule has 0 spiro atoms. The van der Waals surface area contributed by atoms with Gasteiger partial charge >= 0.3 is 0 Å². The minimum Gasteiger partial charge on any atom is -0.337 e. The quantitative estimate of drug-likeness (QED) is 0.906. The van der Waals surface area contributed by atoms with Crippen LogP contribution in [0.2, 0.25) is 0 Å². The molecular formula is C13H15BrFN3O. The number of halogens is 2. The van der Waals surface area contributed by atoms with E-state index in [9.17, 15) is 4.39 Å². The summed E-state index contributed by atoms with van der Waals surface area (Å²) in [6.45, 7) is 2.10. The Labute approximate surface area is 119 Å². The van der Waals surface area contributed by atoms with E-state index in [1.54, 1.807) is 6.07 Å². The van der Waals surface area contributed by atoms with Crippen molar-refractivity contribution in [2.75, 3.05) is 0 Å². The molecule has 0 radical (unpaired) electrons. The first-order valence-electron chi connectivity index (χ1n) is 6.16. The molecular weight excluding hydrogens is 313 g/mol. The van der Waals surface area contributed by atoms with Gasteiger partial charge in [0.25, 0.3) is 0 Å². The van der Waals surface area contributed by atoms with Crippen LogP contribution in [0.15, 0.2) is 27.2 Å². The molecule has 0 aliphatic heterocycles. The Morgan fingerprint density at radius 1 is 1.47 bits per heavy atom. The van der Waals surface area contributed by atoms with Gasteiger partial charge in [-0.15, -0.1) is 0 Å². The van der Waals surface area contributed by atoms with Crippen LogP contribution in [-0.2, 0) is 0 Å². The first kappa shape index (κ1) is 14.1. The third-order valence-electron chi connectivity index (χ3n) is 2.80. The summed E-state index contributed by atoms with van der Waals surface area (Å²) < 4.78 is 18.8. The molecule has 4 nitrogen and oxygen atoms in total. The van der Waals surface area contributed by atoms with Crippen molar-refractivity contribution in [1.29, 1.82) is 0 Å². The number of nitrogens with two attached hydrogens (primary N) is 1. The molecule has 0 bridgehead atoms. The number of nitrogens with zero attached hydrogens (tertiary/aromatic N) is 2. The maximum Gasteiger partial charge on any atom is 0.243 e. The lowest BCUT2D eigenvalue weighted by Crippen LogP contribution is -2.10. The lowest BCUT2D eigenvalue weighted by atomic mass is 10.1. The highest BCUT2D eigenvalue weighted by Gasteiger charge is 2.16. The van der Waals surface area contributed by atoms with Gasteiger partial charge in [-0.3, -0.25) is 0 Å². The van der Waals surface area contributed by atoms with E-state index in [0.29, 0.717) is 21.8 Å². The lowest BCUT2D eigenvalue weighted by Gasteiger charge is -2.03. The van der Waals surface area contributed by atoms with E-state index in [1.165, 1.54) is 12.1 Å². The van der Waals surface area contributed by atoms with Gasteiger partial charge in [0.2, 0.25) is 11.7 Å². The Morgan fingerprint density at radius 3 is 2.95 bits per heavy atom. The van der Waals surface area contributed by atoms with Crippen LogP contribution >= 0.6 is 15.9 Å². The van der Waals surface area contributed by atoms with Crippen LogP contribution in [0.1, 0.15) is 38.1 Å². The summed E-state index contributed by atoms with van der Waals surface area (Å²) in [6.07, 6.45) is 2.89. The molecule has 1 aromatic heterocycles. The fourth-order valence-corrected chi connectivity index (χ4v) is 2.24. The molecule has 0 aliphatic carbocycles. The van der Waals surface area contributed by atoms with Crippen LogP contribution in [0.4, 0.5) is 4.39 Å². The van der Waals surface area contributed by atoms with Gasteiger partial charge in [-0.25, -0.2) is 4.39 Å². The van der Waals surface area contributed by atoms with Crippen molar-refractivity contribution in [2.45, 2.75) is 32.2 Å². The third kappa shape index (κ3) is 3.39. The highest BCUT2D eigenvalue weighted by molar-refractivity contribution is 9.10. The highest BCUT2D eigenvalue weighted by atomic mass is 79.9. The van der Waals surface area contributed by atoms with Gasteiger partial charge in [0.1, 0.15) is 5.82 Å². The monoisotopic (exact) mass is 327 g/mol. The van der Waals surface area contributed by atoms with Crippen molar-refractivity contribution in [3.63, 3.8) is 0 Å². The SMILES string of the molecule is CCCCC(N)c1nc(-c2ccc(F)cc2Br)no1. The molecule has 1 aromatic carbocycles. The average Bonchev–Trinajstić information content (AvgIpc) is 2.85. The minimum absolute atomic E-state index is 0.250. The van der Waals surface area contributed by atoms with E-state index in [1.807, 2.05) is 0 Å². The summed E-state index contributed by atoms with van der Waals surface area (Å²) in [6, 6.07) is 4.07. The standard InChI is InChI=1S/C13H15BrFN3O/c1-2-3-4-11(16)13-17-12(18-19-13)9-6-5-8(15)7-10(9)14/h5-7,11H,2-4,16H2,1H3. The smallest absolute Gasteiger partial charge is 0.243 e. The van der Waals surface area contributed by atoms with Crippen molar-refractivity contribution in [1.82, 2.24) is 10.1 Å². The van der Waals surface area contributed by atoms with E-state index in [4.69, 9.17) is 10.3 Å². The highest BCUT2D eigenvalue weighted by Crippen LogP contribution is 2.27. The molecule has 6 heteroatoms. The molecule has 102 valence electrons. The molecule has 2 aromatic rings. The Hall–Kier alpha value is -1.27. The van der Waals surface area contributed by atoms with Crippen molar-refractivity contribution in [2.24, 2.45) is 5.73 Å². The fourth-order valence-electron chi connectivity index (χ4n) is 1.71. The van der Waals surface area contributed by atoms with E-state index < -0.39 is 0 Å². The normalized spacial score (nSPS) is 12.6. The Balaban J connectivity index is 2.20. The number of hydrogen-bond acceptors (Lipinski definition) is 4. The minimum atomic E-state index is -0.320. The summed E-state index contributed by atoms with van der Waals surface area (Å²) in [4.78, 5) is 4.27. The Morgan fingerprint density at radius 2 is 2.26 bits per heavy atom. The number of aromatic nitrogens is 2. The average molecular weight is 328 g/mol. The first-order chi connectivity index (χ1) is 9.11. The summed E-state index contributed by atoms with van der Waals surface area (Å²) in [5.74, 6) is 0.507. The number of unbranched alkanes of at least 4 members (excludes halogenated alkanes) is 1. The van der Waals surface area contributed by atoms with Crippen molar-refractivity contribution >= 4 is 15.9 Å². The van der Waals surface area contributed by atoms with E-state index in [2.05, 4.69) is 33.0 Å². The fraction of sp³-hybridized carbons (Fsp3) is 0.385. The van der Waals surface area contributed by atoms with Crippen LogP contribution < -0.4 is 5.73 Å². The molecule has 19 heavy (non-hydrogen) atoms.